The molecule has 0 bridgehead atoms. The van der Waals surface area contributed by atoms with Crippen LogP contribution in [0, 0.1) is 0 Å². The van der Waals surface area contributed by atoms with Crippen molar-refractivity contribution in [3.63, 3.8) is 0 Å². The number of aromatic nitrogens is 4. The highest BCUT2D eigenvalue weighted by molar-refractivity contribution is 6.30. The van der Waals surface area contributed by atoms with Crippen LogP contribution >= 0.6 is 0 Å². The van der Waals surface area contributed by atoms with Crippen LogP contribution in [0.1, 0.15) is 0 Å². The highest BCUT2D eigenvalue weighted by atomic mass is 15.1. The van der Waals surface area contributed by atoms with E-state index in [9.17, 15) is 0 Å². The second-order valence-corrected chi connectivity index (χ2v) is 18.5. The summed E-state index contributed by atoms with van der Waals surface area (Å²) in [5.41, 5.74) is 17.4. The monoisotopic (exact) mass is 905 g/mol. The van der Waals surface area contributed by atoms with Crippen LogP contribution in [0.3, 0.4) is 0 Å². The molecule has 5 heteroatoms. The van der Waals surface area contributed by atoms with Gasteiger partial charge in [-0.05, 0) is 133 Å². The molecule has 0 unspecified atom stereocenters. The second-order valence-electron chi connectivity index (χ2n) is 18.5. The van der Waals surface area contributed by atoms with E-state index in [0.29, 0.717) is 0 Å². The SMILES string of the molecule is c1ccc(N(c2ccc(-n3c4ccccc4c4c5c6ccccc6n(-c6ccccc6)c5ccc43)cc2)c2ccc(-n3c4ccccc4c4c5c6ccccc6n(-c6ccccc6)c5ccc43)cc2)cc1. The quantitative estimate of drug-likeness (QED) is 0.156. The first-order chi connectivity index (χ1) is 35.3. The standard InChI is InChI=1S/C66H43N5/c1-4-18-44(19-5-1)67(47-32-36-49(37-33-47)70-57-30-16-12-26-53(57)65-61(70)42-40-59-63(65)51-24-10-14-28-55(51)68(59)45-20-6-2-7-21-45)48-34-38-50(39-35-48)71-58-31-17-13-27-54(58)66-62(71)43-41-60-64(66)52-25-11-15-29-56(52)69(60)46-22-8-3-9-23-46/h1-43H. The van der Waals surface area contributed by atoms with E-state index >= 15 is 0 Å². The topological polar surface area (TPSA) is 23.0 Å². The lowest BCUT2D eigenvalue weighted by Crippen LogP contribution is -2.10. The number of hydrogen-bond acceptors (Lipinski definition) is 1. The summed E-state index contributed by atoms with van der Waals surface area (Å²) in [5, 5.41) is 10.1. The van der Waals surface area contributed by atoms with Crippen LogP contribution in [0.15, 0.2) is 261 Å². The molecule has 0 aliphatic heterocycles. The molecule has 0 spiro atoms. The van der Waals surface area contributed by atoms with Gasteiger partial charge in [-0.25, -0.2) is 0 Å². The van der Waals surface area contributed by atoms with Crippen molar-refractivity contribution in [2.75, 3.05) is 4.90 Å². The van der Waals surface area contributed by atoms with Crippen LogP contribution in [0.25, 0.3) is 110 Å². The summed E-state index contributed by atoms with van der Waals surface area (Å²) in [6.45, 7) is 0. The molecular formula is C66H43N5. The van der Waals surface area contributed by atoms with Gasteiger partial charge < -0.3 is 23.2 Å². The minimum Gasteiger partial charge on any atom is -0.311 e. The number of para-hydroxylation sites is 7. The average Bonchev–Trinajstić information content (AvgIpc) is 4.17. The van der Waals surface area contributed by atoms with Gasteiger partial charge in [0.1, 0.15) is 0 Å². The van der Waals surface area contributed by atoms with Crippen LogP contribution < -0.4 is 4.90 Å². The Morgan fingerprint density at radius 3 is 0.732 bits per heavy atom. The lowest BCUT2D eigenvalue weighted by molar-refractivity contribution is 1.16. The van der Waals surface area contributed by atoms with Gasteiger partial charge in [0.2, 0.25) is 0 Å². The van der Waals surface area contributed by atoms with E-state index < -0.39 is 0 Å². The third kappa shape index (κ3) is 5.81. The Morgan fingerprint density at radius 2 is 0.423 bits per heavy atom. The third-order valence-electron chi connectivity index (χ3n) is 14.7. The Kier molecular flexibility index (Phi) is 8.59. The van der Waals surface area contributed by atoms with E-state index in [1.165, 1.54) is 87.2 Å². The predicted molar refractivity (Wildman–Crippen MR) is 298 cm³/mol. The van der Waals surface area contributed by atoms with Crippen molar-refractivity contribution in [3.8, 4) is 22.7 Å². The zero-order valence-corrected chi connectivity index (χ0v) is 38.6. The number of benzene rings is 11. The zero-order valence-electron chi connectivity index (χ0n) is 38.6. The molecule has 11 aromatic carbocycles. The fourth-order valence-electron chi connectivity index (χ4n) is 11.8. The smallest absolute Gasteiger partial charge is 0.0548 e. The van der Waals surface area contributed by atoms with Gasteiger partial charge in [0.05, 0.1) is 44.1 Å². The highest BCUT2D eigenvalue weighted by Crippen LogP contribution is 2.45. The molecule has 0 N–H and O–H groups in total. The molecule has 0 fully saturated rings. The van der Waals surface area contributed by atoms with Gasteiger partial charge in [-0.2, -0.15) is 0 Å². The molecule has 4 aromatic heterocycles. The third-order valence-corrected chi connectivity index (χ3v) is 14.7. The fraction of sp³-hybridized carbons (Fsp3) is 0. The van der Waals surface area contributed by atoms with Gasteiger partial charge >= 0.3 is 0 Å². The first-order valence-corrected chi connectivity index (χ1v) is 24.4. The van der Waals surface area contributed by atoms with Crippen LogP contribution in [0.5, 0.6) is 0 Å². The summed E-state index contributed by atoms with van der Waals surface area (Å²) in [5.74, 6) is 0. The molecule has 0 amide bonds. The molecule has 0 saturated heterocycles. The Morgan fingerprint density at radius 1 is 0.183 bits per heavy atom. The minimum absolute atomic E-state index is 1.08. The molecule has 0 aliphatic rings. The molecule has 0 atom stereocenters. The zero-order chi connectivity index (χ0) is 46.6. The molecule has 5 nitrogen and oxygen atoms in total. The van der Waals surface area contributed by atoms with Gasteiger partial charge in [0.15, 0.2) is 0 Å². The lowest BCUT2D eigenvalue weighted by atomic mass is 10.1. The van der Waals surface area contributed by atoms with Crippen LogP contribution in [-0.4, -0.2) is 18.3 Å². The molecule has 4 heterocycles. The van der Waals surface area contributed by atoms with Crippen molar-refractivity contribution in [1.82, 2.24) is 18.3 Å². The maximum atomic E-state index is 2.43. The second kappa shape index (κ2) is 15.5. The van der Waals surface area contributed by atoms with Gasteiger partial charge in [-0.1, -0.05) is 127 Å². The summed E-state index contributed by atoms with van der Waals surface area (Å²) in [4.78, 5) is 2.36. The number of anilines is 3. The summed E-state index contributed by atoms with van der Waals surface area (Å²) in [7, 11) is 0. The van der Waals surface area contributed by atoms with Crippen LogP contribution in [0.4, 0.5) is 17.1 Å². The molecule has 0 radical (unpaired) electrons. The molecule has 332 valence electrons. The number of fused-ring (bicyclic) bond motifs is 14. The molecular weight excluding hydrogens is 863 g/mol. The van der Waals surface area contributed by atoms with Crippen molar-refractivity contribution < 1.29 is 0 Å². The summed E-state index contributed by atoms with van der Waals surface area (Å²) in [6.07, 6.45) is 0. The van der Waals surface area contributed by atoms with E-state index in [4.69, 9.17) is 0 Å². The van der Waals surface area contributed by atoms with E-state index in [2.05, 4.69) is 284 Å². The molecule has 0 aliphatic carbocycles. The van der Waals surface area contributed by atoms with Crippen molar-refractivity contribution >= 4 is 104 Å². The van der Waals surface area contributed by atoms with E-state index in [0.717, 1.165) is 39.8 Å². The summed E-state index contributed by atoms with van der Waals surface area (Å²) >= 11 is 0. The Labute approximate surface area is 409 Å². The largest absolute Gasteiger partial charge is 0.311 e. The number of rotatable bonds is 7. The fourth-order valence-corrected chi connectivity index (χ4v) is 11.8. The van der Waals surface area contributed by atoms with Crippen molar-refractivity contribution in [2.45, 2.75) is 0 Å². The molecule has 15 rings (SSSR count). The van der Waals surface area contributed by atoms with Crippen molar-refractivity contribution in [3.05, 3.63) is 261 Å². The molecule has 71 heavy (non-hydrogen) atoms. The number of hydrogen-bond donors (Lipinski definition) is 0. The van der Waals surface area contributed by atoms with Gasteiger partial charge in [-0.3, -0.25) is 0 Å². The van der Waals surface area contributed by atoms with Crippen molar-refractivity contribution in [2.24, 2.45) is 0 Å². The van der Waals surface area contributed by atoms with Gasteiger partial charge in [0, 0.05) is 82.9 Å². The lowest BCUT2D eigenvalue weighted by Gasteiger charge is -2.26. The normalized spacial score (nSPS) is 11.9. The Balaban J connectivity index is 0.859. The number of nitrogens with zero attached hydrogens (tertiary/aromatic N) is 5. The Bertz CT molecular complexity index is 4260. The summed E-state index contributed by atoms with van der Waals surface area (Å²) in [6, 6.07) is 94.9. The van der Waals surface area contributed by atoms with Crippen molar-refractivity contribution in [1.29, 1.82) is 0 Å². The maximum Gasteiger partial charge on any atom is 0.0548 e. The van der Waals surface area contributed by atoms with Gasteiger partial charge in [-0.15, -0.1) is 0 Å². The van der Waals surface area contributed by atoms with E-state index in [-0.39, 0.29) is 0 Å². The van der Waals surface area contributed by atoms with Crippen LogP contribution in [-0.2, 0) is 0 Å². The summed E-state index contributed by atoms with van der Waals surface area (Å²) < 4.78 is 9.68. The van der Waals surface area contributed by atoms with Crippen LogP contribution in [0.2, 0.25) is 0 Å². The highest BCUT2D eigenvalue weighted by Gasteiger charge is 2.23. The Hall–Kier alpha value is -9.58. The first-order valence-electron chi connectivity index (χ1n) is 24.4. The first kappa shape index (κ1) is 39.4. The molecule has 15 aromatic rings. The maximum absolute atomic E-state index is 2.43. The van der Waals surface area contributed by atoms with Gasteiger partial charge in [0.25, 0.3) is 0 Å². The van der Waals surface area contributed by atoms with E-state index in [1.54, 1.807) is 0 Å². The average molecular weight is 906 g/mol. The molecule has 0 saturated carbocycles. The predicted octanol–water partition coefficient (Wildman–Crippen LogP) is 17.5. The van der Waals surface area contributed by atoms with E-state index in [1.807, 2.05) is 0 Å². The minimum atomic E-state index is 1.08.